The number of nitrogens with one attached hydrogen (secondary N) is 1. The minimum Gasteiger partial charge on any atom is -0.312 e. The van der Waals surface area contributed by atoms with Gasteiger partial charge < -0.3 is 5.32 Å². The Morgan fingerprint density at radius 2 is 2.24 bits per heavy atom. The lowest BCUT2D eigenvalue weighted by atomic mass is 10.1. The van der Waals surface area contributed by atoms with E-state index in [0.717, 1.165) is 28.4 Å². The van der Waals surface area contributed by atoms with Gasteiger partial charge in [-0.15, -0.1) is 0 Å². The highest BCUT2D eigenvalue weighted by molar-refractivity contribution is 7.99. The number of hydrogen-bond acceptors (Lipinski definition) is 4. The molecule has 5 heteroatoms. The first kappa shape index (κ1) is 15.6. The van der Waals surface area contributed by atoms with E-state index in [1.807, 2.05) is 31.6 Å². The van der Waals surface area contributed by atoms with E-state index in [4.69, 9.17) is 0 Å². The zero-order valence-corrected chi connectivity index (χ0v) is 13.4. The molecular formula is C16H20N4S. The first-order valence-corrected chi connectivity index (χ1v) is 7.80. The predicted octanol–water partition coefficient (Wildman–Crippen LogP) is 3.19. The molecule has 2 aromatic rings. The molecule has 0 amide bonds. The minimum atomic E-state index is 0.626. The highest BCUT2D eigenvalue weighted by Gasteiger charge is 2.07. The van der Waals surface area contributed by atoms with Gasteiger partial charge in [0.2, 0.25) is 0 Å². The standard InChI is InChI=1S/C16H20N4S/c1-12(2)8-18-9-13-4-5-16(14(6-13)7-17)21-15-10-19-20(3)11-15/h4-6,10-12,18H,8-9H2,1-3H3. The summed E-state index contributed by atoms with van der Waals surface area (Å²) >= 11 is 1.57. The number of hydrogen-bond donors (Lipinski definition) is 1. The zero-order chi connectivity index (χ0) is 15.2. The molecule has 0 unspecified atom stereocenters. The summed E-state index contributed by atoms with van der Waals surface area (Å²) in [5.74, 6) is 0.626. The summed E-state index contributed by atoms with van der Waals surface area (Å²) in [4.78, 5) is 2.01. The van der Waals surface area contributed by atoms with Crippen LogP contribution in [-0.4, -0.2) is 16.3 Å². The van der Waals surface area contributed by atoms with E-state index in [1.54, 1.807) is 16.4 Å². The molecule has 1 aromatic carbocycles. The molecule has 0 bridgehead atoms. The van der Waals surface area contributed by atoms with Crippen LogP contribution in [-0.2, 0) is 13.6 Å². The van der Waals surface area contributed by atoms with E-state index in [9.17, 15) is 5.26 Å². The Morgan fingerprint density at radius 3 is 2.86 bits per heavy atom. The van der Waals surface area contributed by atoms with Gasteiger partial charge in [0, 0.05) is 24.7 Å². The van der Waals surface area contributed by atoms with Crippen molar-refractivity contribution < 1.29 is 0 Å². The molecule has 2 rings (SSSR count). The van der Waals surface area contributed by atoms with Crippen LogP contribution in [0.2, 0.25) is 0 Å². The van der Waals surface area contributed by atoms with Gasteiger partial charge >= 0.3 is 0 Å². The van der Waals surface area contributed by atoms with E-state index < -0.39 is 0 Å². The molecule has 4 nitrogen and oxygen atoms in total. The smallest absolute Gasteiger partial charge is 0.100 e. The first-order chi connectivity index (χ1) is 10.1. The van der Waals surface area contributed by atoms with Gasteiger partial charge in [-0.2, -0.15) is 10.4 Å². The Labute approximate surface area is 130 Å². The molecule has 1 aromatic heterocycles. The van der Waals surface area contributed by atoms with Crippen molar-refractivity contribution >= 4 is 11.8 Å². The van der Waals surface area contributed by atoms with Gasteiger partial charge in [0.25, 0.3) is 0 Å². The molecule has 0 aliphatic heterocycles. The van der Waals surface area contributed by atoms with Gasteiger partial charge in [-0.3, -0.25) is 4.68 Å². The number of nitriles is 1. The van der Waals surface area contributed by atoms with Crippen molar-refractivity contribution in [2.75, 3.05) is 6.54 Å². The van der Waals surface area contributed by atoms with Crippen molar-refractivity contribution in [2.24, 2.45) is 13.0 Å². The summed E-state index contributed by atoms with van der Waals surface area (Å²) in [5, 5.41) is 16.9. The van der Waals surface area contributed by atoms with Crippen LogP contribution < -0.4 is 5.32 Å². The molecule has 0 aliphatic rings. The highest BCUT2D eigenvalue weighted by atomic mass is 32.2. The van der Waals surface area contributed by atoms with Crippen molar-refractivity contribution in [1.82, 2.24) is 15.1 Å². The maximum absolute atomic E-state index is 9.34. The molecule has 1 heterocycles. The van der Waals surface area contributed by atoms with E-state index in [1.165, 1.54) is 0 Å². The fourth-order valence-corrected chi connectivity index (χ4v) is 2.86. The highest BCUT2D eigenvalue weighted by Crippen LogP contribution is 2.30. The zero-order valence-electron chi connectivity index (χ0n) is 12.6. The van der Waals surface area contributed by atoms with Crippen LogP contribution in [0.15, 0.2) is 40.4 Å². The molecular weight excluding hydrogens is 280 g/mol. The summed E-state index contributed by atoms with van der Waals surface area (Å²) in [6, 6.07) is 8.34. The summed E-state index contributed by atoms with van der Waals surface area (Å²) in [5.41, 5.74) is 1.86. The fraction of sp³-hybridized carbons (Fsp3) is 0.375. The van der Waals surface area contributed by atoms with Crippen molar-refractivity contribution in [3.63, 3.8) is 0 Å². The molecule has 0 saturated carbocycles. The Kier molecular flexibility index (Phi) is 5.43. The second-order valence-electron chi connectivity index (χ2n) is 5.42. The van der Waals surface area contributed by atoms with Crippen LogP contribution in [0.3, 0.4) is 0 Å². The fourth-order valence-electron chi connectivity index (χ4n) is 1.95. The van der Waals surface area contributed by atoms with Crippen molar-refractivity contribution in [1.29, 1.82) is 5.26 Å². The summed E-state index contributed by atoms with van der Waals surface area (Å²) in [7, 11) is 1.89. The third kappa shape index (κ3) is 4.62. The van der Waals surface area contributed by atoms with Gasteiger partial charge in [0.05, 0.1) is 16.7 Å². The number of benzene rings is 1. The Morgan fingerprint density at radius 1 is 1.43 bits per heavy atom. The molecule has 1 N–H and O–H groups in total. The van der Waals surface area contributed by atoms with Crippen LogP contribution in [0.25, 0.3) is 0 Å². The molecule has 110 valence electrons. The lowest BCUT2D eigenvalue weighted by molar-refractivity contribution is 0.552. The van der Waals surface area contributed by atoms with Gasteiger partial charge in [-0.25, -0.2) is 0 Å². The minimum absolute atomic E-state index is 0.626. The Balaban J connectivity index is 2.07. The van der Waals surface area contributed by atoms with Gasteiger partial charge in [-0.05, 0) is 30.2 Å². The number of nitrogens with zero attached hydrogens (tertiary/aromatic N) is 3. The lowest BCUT2D eigenvalue weighted by Crippen LogP contribution is -2.18. The van der Waals surface area contributed by atoms with Crippen molar-refractivity contribution in [3.8, 4) is 6.07 Å². The average molecular weight is 300 g/mol. The van der Waals surface area contributed by atoms with E-state index in [2.05, 4.69) is 36.4 Å². The van der Waals surface area contributed by atoms with E-state index in [-0.39, 0.29) is 0 Å². The predicted molar refractivity (Wildman–Crippen MR) is 85.0 cm³/mol. The molecule has 0 aliphatic carbocycles. The lowest BCUT2D eigenvalue weighted by Gasteiger charge is -2.09. The second kappa shape index (κ2) is 7.30. The van der Waals surface area contributed by atoms with Gasteiger partial charge in [0.1, 0.15) is 6.07 Å². The van der Waals surface area contributed by atoms with Gasteiger partial charge in [0.15, 0.2) is 0 Å². The van der Waals surface area contributed by atoms with E-state index in [0.29, 0.717) is 11.5 Å². The first-order valence-electron chi connectivity index (χ1n) is 6.98. The quantitative estimate of drug-likeness (QED) is 0.890. The largest absolute Gasteiger partial charge is 0.312 e. The van der Waals surface area contributed by atoms with Crippen LogP contribution >= 0.6 is 11.8 Å². The molecule has 0 atom stereocenters. The van der Waals surface area contributed by atoms with Crippen LogP contribution in [0.4, 0.5) is 0 Å². The maximum atomic E-state index is 9.34. The normalized spacial score (nSPS) is 10.8. The van der Waals surface area contributed by atoms with Crippen LogP contribution in [0, 0.1) is 17.2 Å². The topological polar surface area (TPSA) is 53.6 Å². The summed E-state index contributed by atoms with van der Waals surface area (Å²) < 4.78 is 1.76. The summed E-state index contributed by atoms with van der Waals surface area (Å²) in [6.07, 6.45) is 3.76. The monoisotopic (exact) mass is 300 g/mol. The molecule has 0 saturated heterocycles. The molecule has 21 heavy (non-hydrogen) atoms. The SMILES string of the molecule is CC(C)CNCc1ccc(Sc2cnn(C)c2)c(C#N)c1. The molecule has 0 fully saturated rings. The summed E-state index contributed by atoms with van der Waals surface area (Å²) in [6.45, 7) is 6.14. The van der Waals surface area contributed by atoms with Crippen molar-refractivity contribution in [2.45, 2.75) is 30.2 Å². The third-order valence-electron chi connectivity index (χ3n) is 2.96. The van der Waals surface area contributed by atoms with Crippen molar-refractivity contribution in [3.05, 3.63) is 41.7 Å². The van der Waals surface area contributed by atoms with E-state index >= 15 is 0 Å². The Bertz CT molecular complexity index is 640. The second-order valence-corrected chi connectivity index (χ2v) is 6.53. The van der Waals surface area contributed by atoms with Crippen LogP contribution in [0.1, 0.15) is 25.0 Å². The van der Waals surface area contributed by atoms with Gasteiger partial charge in [-0.1, -0.05) is 31.7 Å². The third-order valence-corrected chi connectivity index (χ3v) is 3.98. The number of aromatic nitrogens is 2. The Hall–Kier alpha value is -1.77. The molecule has 0 spiro atoms. The maximum Gasteiger partial charge on any atom is 0.100 e. The average Bonchev–Trinajstić information content (AvgIpc) is 2.85. The number of aryl methyl sites for hydroxylation is 1. The van der Waals surface area contributed by atoms with Crippen LogP contribution in [0.5, 0.6) is 0 Å². The number of rotatable bonds is 6. The molecule has 0 radical (unpaired) electrons.